The van der Waals surface area contributed by atoms with E-state index in [0.717, 1.165) is 18.4 Å². The van der Waals surface area contributed by atoms with E-state index < -0.39 is 39.5 Å². The van der Waals surface area contributed by atoms with Crippen LogP contribution in [0.5, 0.6) is 0 Å². The molecule has 1 N–H and O–H groups in total. The molecular weight excluding hydrogens is 380 g/mol. The van der Waals surface area contributed by atoms with Crippen molar-refractivity contribution >= 4 is 27.4 Å². The number of carbonyl (C=O) groups excluding carboxylic acids is 2. The van der Waals surface area contributed by atoms with Crippen molar-refractivity contribution in [2.24, 2.45) is 0 Å². The van der Waals surface area contributed by atoms with E-state index in [2.05, 4.69) is 5.32 Å². The highest BCUT2D eigenvalue weighted by molar-refractivity contribution is 7.89. The number of hydrogen-bond donors (Lipinski definition) is 1. The van der Waals surface area contributed by atoms with E-state index in [1.807, 2.05) is 0 Å². The molecule has 1 atom stereocenters. The molecule has 0 saturated heterocycles. The summed E-state index contributed by atoms with van der Waals surface area (Å²) in [6.07, 6.45) is -0.142. The molecule has 0 radical (unpaired) electrons. The number of ether oxygens (including phenoxy) is 1. The Morgan fingerprint density at radius 2 is 1.74 bits per heavy atom. The van der Waals surface area contributed by atoms with E-state index in [1.165, 1.54) is 31.2 Å². The minimum absolute atomic E-state index is 0.125. The SMILES string of the molecule is C[C@H](OC(=O)c1ccc(CS(C)(=O)=O)cc1)C(=O)Nc1ccc(F)cc1F. The maximum absolute atomic E-state index is 13.6. The zero-order chi connectivity index (χ0) is 20.2. The molecule has 6 nitrogen and oxygen atoms in total. The van der Waals surface area contributed by atoms with E-state index in [-0.39, 0.29) is 17.0 Å². The van der Waals surface area contributed by atoms with Crippen LogP contribution in [0.1, 0.15) is 22.8 Å². The Kier molecular flexibility index (Phi) is 6.27. The molecule has 0 aliphatic rings. The van der Waals surface area contributed by atoms with Crippen molar-refractivity contribution in [3.63, 3.8) is 0 Å². The molecule has 144 valence electrons. The first-order chi connectivity index (χ1) is 12.5. The minimum atomic E-state index is -3.20. The van der Waals surface area contributed by atoms with E-state index in [1.54, 1.807) is 0 Å². The largest absolute Gasteiger partial charge is 0.449 e. The van der Waals surface area contributed by atoms with E-state index in [4.69, 9.17) is 4.74 Å². The smallest absolute Gasteiger partial charge is 0.338 e. The summed E-state index contributed by atoms with van der Waals surface area (Å²) in [6.45, 7) is 1.30. The number of halogens is 2. The van der Waals surface area contributed by atoms with E-state index >= 15 is 0 Å². The molecule has 2 aromatic rings. The normalized spacial score (nSPS) is 12.3. The van der Waals surface area contributed by atoms with Gasteiger partial charge < -0.3 is 10.1 Å². The monoisotopic (exact) mass is 397 g/mol. The first-order valence-corrected chi connectivity index (χ1v) is 9.85. The van der Waals surface area contributed by atoms with Crippen LogP contribution in [0.3, 0.4) is 0 Å². The van der Waals surface area contributed by atoms with Crippen LogP contribution in [-0.2, 0) is 25.1 Å². The first kappa shape index (κ1) is 20.5. The Bertz CT molecular complexity index is 958. The molecule has 0 aliphatic carbocycles. The van der Waals surface area contributed by atoms with Crippen molar-refractivity contribution in [2.75, 3.05) is 11.6 Å². The number of anilines is 1. The molecule has 0 heterocycles. The molecule has 1 amide bonds. The van der Waals surface area contributed by atoms with Gasteiger partial charge in [-0.2, -0.15) is 0 Å². The predicted molar refractivity (Wildman–Crippen MR) is 94.9 cm³/mol. The van der Waals surface area contributed by atoms with E-state index in [0.29, 0.717) is 11.6 Å². The van der Waals surface area contributed by atoms with Gasteiger partial charge in [-0.15, -0.1) is 0 Å². The topological polar surface area (TPSA) is 89.5 Å². The van der Waals surface area contributed by atoms with Crippen LogP contribution >= 0.6 is 0 Å². The molecule has 27 heavy (non-hydrogen) atoms. The molecule has 0 aromatic heterocycles. The standard InChI is InChI=1S/C18H17F2NO5S/c1-11(17(22)21-16-8-7-14(19)9-15(16)20)26-18(23)13-5-3-12(4-6-13)10-27(2,24)25/h3-9,11H,10H2,1-2H3,(H,21,22)/t11-/m0/s1. The van der Waals surface area contributed by atoms with Crippen LogP contribution in [0.2, 0.25) is 0 Å². The van der Waals surface area contributed by atoms with Gasteiger partial charge in [0.05, 0.1) is 17.0 Å². The number of rotatable bonds is 6. The summed E-state index contributed by atoms with van der Waals surface area (Å²) in [5.41, 5.74) is 0.390. The number of hydrogen-bond acceptors (Lipinski definition) is 5. The molecule has 2 rings (SSSR count). The highest BCUT2D eigenvalue weighted by Gasteiger charge is 2.20. The predicted octanol–water partition coefficient (Wildman–Crippen LogP) is 2.69. The fraction of sp³-hybridized carbons (Fsp3) is 0.222. The summed E-state index contributed by atoms with van der Waals surface area (Å²) in [5.74, 6) is -3.50. The summed E-state index contributed by atoms with van der Waals surface area (Å²) in [6, 6.07) is 8.35. The first-order valence-electron chi connectivity index (χ1n) is 7.79. The van der Waals surface area contributed by atoms with Crippen LogP contribution in [0, 0.1) is 11.6 Å². The summed E-state index contributed by atoms with van der Waals surface area (Å²) < 4.78 is 53.9. The van der Waals surface area contributed by atoms with Crippen molar-refractivity contribution in [1.82, 2.24) is 0 Å². The van der Waals surface area contributed by atoms with Crippen molar-refractivity contribution in [3.05, 3.63) is 65.2 Å². The van der Waals surface area contributed by atoms with Gasteiger partial charge in [0, 0.05) is 12.3 Å². The molecule has 0 saturated carbocycles. The van der Waals surface area contributed by atoms with Gasteiger partial charge in [-0.1, -0.05) is 12.1 Å². The van der Waals surface area contributed by atoms with Crippen molar-refractivity contribution in [2.45, 2.75) is 18.8 Å². The Morgan fingerprint density at radius 3 is 2.30 bits per heavy atom. The Labute approximate surface area is 155 Å². The molecule has 0 bridgehead atoms. The van der Waals surface area contributed by atoms with Crippen LogP contribution in [0.4, 0.5) is 14.5 Å². The third-order valence-electron chi connectivity index (χ3n) is 3.46. The molecule has 0 fully saturated rings. The highest BCUT2D eigenvalue weighted by atomic mass is 32.2. The van der Waals surface area contributed by atoms with Crippen molar-refractivity contribution in [3.8, 4) is 0 Å². The fourth-order valence-corrected chi connectivity index (χ4v) is 2.95. The minimum Gasteiger partial charge on any atom is -0.449 e. The quantitative estimate of drug-likeness (QED) is 0.757. The van der Waals surface area contributed by atoms with Gasteiger partial charge in [0.15, 0.2) is 15.9 Å². The van der Waals surface area contributed by atoms with Gasteiger partial charge in [0.25, 0.3) is 5.91 Å². The number of carbonyl (C=O) groups is 2. The lowest BCUT2D eigenvalue weighted by atomic mass is 10.1. The lowest BCUT2D eigenvalue weighted by Crippen LogP contribution is -2.30. The molecule has 0 spiro atoms. The van der Waals surface area contributed by atoms with Crippen LogP contribution in [-0.4, -0.2) is 32.7 Å². The third-order valence-corrected chi connectivity index (χ3v) is 4.32. The van der Waals surface area contributed by atoms with Crippen molar-refractivity contribution < 1.29 is 31.5 Å². The summed E-state index contributed by atoms with van der Waals surface area (Å²) in [4.78, 5) is 24.1. The highest BCUT2D eigenvalue weighted by Crippen LogP contribution is 2.16. The Morgan fingerprint density at radius 1 is 1.11 bits per heavy atom. The molecule has 9 heteroatoms. The maximum Gasteiger partial charge on any atom is 0.338 e. The summed E-state index contributed by atoms with van der Waals surface area (Å²) >= 11 is 0. The number of benzene rings is 2. The van der Waals surface area contributed by atoms with Gasteiger partial charge in [0.1, 0.15) is 11.6 Å². The average molecular weight is 397 g/mol. The lowest BCUT2D eigenvalue weighted by Gasteiger charge is -2.14. The van der Waals surface area contributed by atoms with Gasteiger partial charge in [-0.05, 0) is 36.8 Å². The fourth-order valence-electron chi connectivity index (χ4n) is 2.15. The van der Waals surface area contributed by atoms with Gasteiger partial charge in [-0.25, -0.2) is 22.0 Å². The van der Waals surface area contributed by atoms with Crippen molar-refractivity contribution in [1.29, 1.82) is 0 Å². The third kappa shape index (κ3) is 6.14. The number of amides is 1. The second kappa shape index (κ2) is 8.26. The molecular formula is C18H17F2NO5S. The van der Waals surface area contributed by atoms with E-state index in [9.17, 15) is 26.8 Å². The zero-order valence-electron chi connectivity index (χ0n) is 14.5. The lowest BCUT2D eigenvalue weighted by molar-refractivity contribution is -0.123. The van der Waals surface area contributed by atoms with Crippen LogP contribution in [0.15, 0.2) is 42.5 Å². The average Bonchev–Trinajstić information content (AvgIpc) is 2.56. The number of nitrogens with one attached hydrogen (secondary N) is 1. The number of esters is 1. The second-order valence-corrected chi connectivity index (χ2v) is 8.07. The second-order valence-electron chi connectivity index (χ2n) is 5.93. The van der Waals surface area contributed by atoms with Gasteiger partial charge in [0.2, 0.25) is 0 Å². The van der Waals surface area contributed by atoms with Crippen LogP contribution < -0.4 is 5.32 Å². The zero-order valence-corrected chi connectivity index (χ0v) is 15.3. The van der Waals surface area contributed by atoms with Gasteiger partial charge >= 0.3 is 5.97 Å². The Hall–Kier alpha value is -2.81. The van der Waals surface area contributed by atoms with Gasteiger partial charge in [-0.3, -0.25) is 4.79 Å². The molecule has 2 aromatic carbocycles. The maximum atomic E-state index is 13.6. The van der Waals surface area contributed by atoms with Crippen LogP contribution in [0.25, 0.3) is 0 Å². The summed E-state index contributed by atoms with van der Waals surface area (Å²) in [7, 11) is -3.20. The molecule has 0 unspecified atom stereocenters. The number of sulfone groups is 1. The molecule has 0 aliphatic heterocycles. The Balaban J connectivity index is 1.98. The summed E-state index contributed by atoms with van der Waals surface area (Å²) in [5, 5.41) is 2.20.